The molecule has 1 aliphatic rings. The van der Waals surface area contributed by atoms with Gasteiger partial charge in [-0.25, -0.2) is 0 Å². The number of likely N-dealkylation sites (N-methyl/N-ethyl adjacent to an activating group) is 1. The first kappa shape index (κ1) is 18.9. The molecule has 1 unspecified atom stereocenters. The Morgan fingerprint density at radius 1 is 1.27 bits per heavy atom. The molecule has 3 rings (SSSR count). The Balaban J connectivity index is 1.62. The van der Waals surface area contributed by atoms with Crippen LogP contribution >= 0.6 is 11.3 Å². The number of amides is 1. The number of carbonyl (C=O) groups is 1. The van der Waals surface area contributed by atoms with Gasteiger partial charge in [-0.3, -0.25) is 19.1 Å². The first-order valence-corrected chi connectivity index (χ1v) is 9.96. The van der Waals surface area contributed by atoms with Gasteiger partial charge in [0.2, 0.25) is 5.91 Å². The number of nitrogens with zero attached hydrogens (tertiary/aromatic N) is 3. The van der Waals surface area contributed by atoms with Crippen molar-refractivity contribution < 1.29 is 4.79 Å². The van der Waals surface area contributed by atoms with Gasteiger partial charge in [0.25, 0.3) is 0 Å². The zero-order valence-corrected chi connectivity index (χ0v) is 16.6. The molecule has 1 amide bonds. The Morgan fingerprint density at radius 2 is 2.00 bits per heavy atom. The van der Waals surface area contributed by atoms with Crippen LogP contribution in [0.15, 0.2) is 35.1 Å². The first-order chi connectivity index (χ1) is 12.5. The highest BCUT2D eigenvalue weighted by molar-refractivity contribution is 7.09. The summed E-state index contributed by atoms with van der Waals surface area (Å²) in [5.41, 5.74) is 2.20. The van der Waals surface area contributed by atoms with Crippen LogP contribution in [-0.2, 0) is 17.9 Å². The molecule has 1 aromatic heterocycles. The molecule has 5 nitrogen and oxygen atoms in total. The van der Waals surface area contributed by atoms with Crippen molar-refractivity contribution in [3.05, 3.63) is 56.1 Å². The summed E-state index contributed by atoms with van der Waals surface area (Å²) >= 11 is 1.22. The van der Waals surface area contributed by atoms with Gasteiger partial charge >= 0.3 is 4.87 Å². The minimum Gasteiger partial charge on any atom is -0.340 e. The van der Waals surface area contributed by atoms with Crippen LogP contribution in [-0.4, -0.2) is 46.5 Å². The van der Waals surface area contributed by atoms with E-state index >= 15 is 0 Å². The minimum atomic E-state index is -0.0453. The zero-order valence-electron chi connectivity index (χ0n) is 15.8. The van der Waals surface area contributed by atoms with E-state index in [4.69, 9.17) is 0 Å². The van der Waals surface area contributed by atoms with Crippen LogP contribution in [0.4, 0.5) is 0 Å². The summed E-state index contributed by atoms with van der Waals surface area (Å²) in [6.45, 7) is 6.84. The lowest BCUT2D eigenvalue weighted by Gasteiger charge is -2.37. The van der Waals surface area contributed by atoms with E-state index in [1.807, 2.05) is 31.9 Å². The van der Waals surface area contributed by atoms with Gasteiger partial charge in [-0.15, -0.1) is 0 Å². The maximum absolute atomic E-state index is 12.7. The van der Waals surface area contributed by atoms with Gasteiger partial charge in [0.15, 0.2) is 0 Å². The number of carbonyl (C=O) groups excluding carboxylic acids is 1. The average Bonchev–Trinajstić information content (AvgIpc) is 2.88. The summed E-state index contributed by atoms with van der Waals surface area (Å²) in [6, 6.07) is 10.7. The fraction of sp³-hybridized carbons (Fsp3) is 0.500. The molecule has 1 fully saturated rings. The van der Waals surface area contributed by atoms with Crippen molar-refractivity contribution in [2.45, 2.75) is 45.8 Å². The second kappa shape index (κ2) is 8.18. The smallest absolute Gasteiger partial charge is 0.308 e. The molecule has 140 valence electrons. The van der Waals surface area contributed by atoms with E-state index in [0.29, 0.717) is 0 Å². The van der Waals surface area contributed by atoms with Crippen molar-refractivity contribution in [3.63, 3.8) is 0 Å². The normalized spacial score (nSPS) is 18.0. The Labute approximate surface area is 158 Å². The molecular weight excluding hydrogens is 346 g/mol. The number of piperidine rings is 1. The number of thiazole rings is 1. The molecule has 0 bridgehead atoms. The van der Waals surface area contributed by atoms with Gasteiger partial charge in [-0.05, 0) is 38.8 Å². The second-order valence-electron chi connectivity index (χ2n) is 7.12. The average molecular weight is 374 g/mol. The third kappa shape index (κ3) is 4.24. The van der Waals surface area contributed by atoms with Crippen molar-refractivity contribution in [2.75, 3.05) is 20.1 Å². The van der Waals surface area contributed by atoms with Crippen LogP contribution in [0, 0.1) is 13.8 Å². The van der Waals surface area contributed by atoms with Gasteiger partial charge in [0.1, 0.15) is 6.54 Å². The van der Waals surface area contributed by atoms with Gasteiger partial charge in [0.05, 0.1) is 0 Å². The second-order valence-corrected chi connectivity index (χ2v) is 8.28. The van der Waals surface area contributed by atoms with E-state index in [1.165, 1.54) is 16.9 Å². The molecule has 0 N–H and O–H groups in total. The molecule has 6 heteroatoms. The van der Waals surface area contributed by atoms with Gasteiger partial charge in [0, 0.05) is 36.8 Å². The molecule has 0 radical (unpaired) electrons. The monoisotopic (exact) mass is 373 g/mol. The Kier molecular flexibility index (Phi) is 5.94. The van der Waals surface area contributed by atoms with E-state index < -0.39 is 0 Å². The lowest BCUT2D eigenvalue weighted by molar-refractivity contribution is -0.133. The van der Waals surface area contributed by atoms with Crippen molar-refractivity contribution >= 4 is 17.2 Å². The number of aromatic nitrogens is 1. The number of likely N-dealkylation sites (tertiary alicyclic amines) is 1. The fourth-order valence-electron chi connectivity index (χ4n) is 3.55. The van der Waals surface area contributed by atoms with Crippen molar-refractivity contribution in [3.8, 4) is 0 Å². The molecule has 0 spiro atoms. The molecule has 1 atom stereocenters. The van der Waals surface area contributed by atoms with Crippen LogP contribution in [0.25, 0.3) is 0 Å². The Morgan fingerprint density at radius 3 is 2.65 bits per heavy atom. The van der Waals surface area contributed by atoms with Crippen molar-refractivity contribution in [2.24, 2.45) is 0 Å². The number of benzene rings is 1. The summed E-state index contributed by atoms with van der Waals surface area (Å²) in [7, 11) is 1.87. The molecule has 0 saturated carbocycles. The quantitative estimate of drug-likeness (QED) is 0.809. The largest absolute Gasteiger partial charge is 0.340 e. The molecule has 2 heterocycles. The lowest BCUT2D eigenvalue weighted by atomic mass is 10.0. The Bertz CT molecular complexity index is 812. The molecule has 0 aliphatic carbocycles. The van der Waals surface area contributed by atoms with Crippen LogP contribution in [0.2, 0.25) is 0 Å². The van der Waals surface area contributed by atoms with E-state index in [2.05, 4.69) is 29.2 Å². The molecule has 26 heavy (non-hydrogen) atoms. The maximum Gasteiger partial charge on any atom is 0.308 e. The van der Waals surface area contributed by atoms with Crippen molar-refractivity contribution in [1.29, 1.82) is 0 Å². The summed E-state index contributed by atoms with van der Waals surface area (Å²) in [5, 5.41) is 0. The fourth-order valence-corrected chi connectivity index (χ4v) is 4.38. The molecular formula is C20H27N3O2S. The summed E-state index contributed by atoms with van der Waals surface area (Å²) in [5.74, 6) is 0.0135. The van der Waals surface area contributed by atoms with Crippen LogP contribution in [0.3, 0.4) is 0 Å². The molecule has 1 aliphatic heterocycles. The number of hydrogen-bond acceptors (Lipinski definition) is 4. The highest BCUT2D eigenvalue weighted by atomic mass is 32.1. The molecule has 1 aromatic carbocycles. The topological polar surface area (TPSA) is 45.6 Å². The minimum absolute atomic E-state index is 0.0135. The standard InChI is InChI=1S/C20H27N3O2S/c1-15-16(2)26-20(25)23(15)14-19(24)21(3)18-10-7-11-22(13-18)12-17-8-5-4-6-9-17/h4-6,8-9,18H,7,10-14H2,1-3H3. The maximum atomic E-state index is 12.7. The van der Waals surface area contributed by atoms with Gasteiger partial charge in [-0.2, -0.15) is 0 Å². The Hall–Kier alpha value is -1.92. The van der Waals surface area contributed by atoms with Crippen LogP contribution in [0.5, 0.6) is 0 Å². The SMILES string of the molecule is Cc1sc(=O)n(CC(=O)N(C)C2CCCN(Cc3ccccc3)C2)c1C. The zero-order chi connectivity index (χ0) is 18.7. The lowest BCUT2D eigenvalue weighted by Crippen LogP contribution is -2.49. The molecule has 1 saturated heterocycles. The van der Waals surface area contributed by atoms with E-state index in [1.54, 1.807) is 4.57 Å². The number of hydrogen-bond donors (Lipinski definition) is 0. The van der Waals surface area contributed by atoms with Crippen molar-refractivity contribution in [1.82, 2.24) is 14.4 Å². The predicted molar refractivity (Wildman–Crippen MR) is 106 cm³/mol. The third-order valence-electron chi connectivity index (χ3n) is 5.34. The van der Waals surface area contributed by atoms with E-state index in [0.717, 1.165) is 43.0 Å². The number of rotatable bonds is 5. The highest BCUT2D eigenvalue weighted by Gasteiger charge is 2.26. The van der Waals surface area contributed by atoms with E-state index in [9.17, 15) is 9.59 Å². The third-order valence-corrected chi connectivity index (χ3v) is 6.34. The summed E-state index contributed by atoms with van der Waals surface area (Å²) in [6.07, 6.45) is 2.11. The highest BCUT2D eigenvalue weighted by Crippen LogP contribution is 2.18. The first-order valence-electron chi connectivity index (χ1n) is 9.14. The molecule has 2 aromatic rings. The van der Waals surface area contributed by atoms with Gasteiger partial charge in [-0.1, -0.05) is 41.7 Å². The van der Waals surface area contributed by atoms with Crippen LogP contribution < -0.4 is 4.87 Å². The van der Waals surface area contributed by atoms with Crippen LogP contribution in [0.1, 0.15) is 29.0 Å². The van der Waals surface area contributed by atoms with Gasteiger partial charge < -0.3 is 4.90 Å². The summed E-state index contributed by atoms with van der Waals surface area (Å²) < 4.78 is 1.60. The number of aryl methyl sites for hydroxylation is 1. The predicted octanol–water partition coefficient (Wildman–Crippen LogP) is 2.65. The van der Waals surface area contributed by atoms with E-state index in [-0.39, 0.29) is 23.4 Å². The summed E-state index contributed by atoms with van der Waals surface area (Å²) in [4.78, 5) is 30.0.